The first-order valence-corrected chi connectivity index (χ1v) is 10.8. The molecule has 176 valence electrons. The number of ether oxygens (including phenoxy) is 2. The van der Waals surface area contributed by atoms with Gasteiger partial charge in [-0.25, -0.2) is 4.79 Å². The molecule has 0 unspecified atom stereocenters. The number of carbonyl (C=O) groups excluding carboxylic acids is 4. The third-order valence-corrected chi connectivity index (χ3v) is 4.80. The van der Waals surface area contributed by atoms with E-state index >= 15 is 0 Å². The molecule has 3 N–H and O–H groups in total. The Morgan fingerprint density at radius 3 is 2.42 bits per heavy atom. The van der Waals surface area contributed by atoms with Gasteiger partial charge in [0.15, 0.2) is 0 Å². The zero-order valence-electron chi connectivity index (χ0n) is 19.3. The van der Waals surface area contributed by atoms with Crippen molar-refractivity contribution in [1.82, 2.24) is 10.2 Å². The Hall–Kier alpha value is -2.58. The molecule has 1 saturated heterocycles. The number of primary amides is 1. The summed E-state index contributed by atoms with van der Waals surface area (Å²) >= 11 is 0. The lowest BCUT2D eigenvalue weighted by atomic mass is 10.1. The molecular weight excluding hydrogens is 402 g/mol. The van der Waals surface area contributed by atoms with Gasteiger partial charge in [0.2, 0.25) is 11.8 Å². The highest BCUT2D eigenvalue weighted by Gasteiger charge is 2.42. The van der Waals surface area contributed by atoms with E-state index in [0.29, 0.717) is 12.8 Å². The molecule has 0 aliphatic carbocycles. The van der Waals surface area contributed by atoms with E-state index in [1.54, 1.807) is 20.8 Å². The average molecular weight is 440 g/mol. The lowest BCUT2D eigenvalue weighted by Crippen LogP contribution is -2.53. The molecule has 1 heterocycles. The zero-order valence-corrected chi connectivity index (χ0v) is 19.3. The molecule has 9 nitrogen and oxygen atoms in total. The highest BCUT2D eigenvalue weighted by atomic mass is 16.6. The highest BCUT2D eigenvalue weighted by Crippen LogP contribution is 2.23. The van der Waals surface area contributed by atoms with Gasteiger partial charge in [-0.15, -0.1) is 0 Å². The van der Waals surface area contributed by atoms with E-state index in [-0.39, 0.29) is 13.0 Å². The molecule has 0 aromatic heterocycles. The maximum Gasteiger partial charge on any atom is 0.408 e. The second-order valence-electron chi connectivity index (χ2n) is 8.78. The third-order valence-electron chi connectivity index (χ3n) is 4.80. The van der Waals surface area contributed by atoms with Crippen LogP contribution in [0.3, 0.4) is 0 Å². The van der Waals surface area contributed by atoms with Crippen LogP contribution in [0.1, 0.15) is 73.1 Å². The maximum absolute atomic E-state index is 13.3. The van der Waals surface area contributed by atoms with E-state index in [4.69, 9.17) is 15.2 Å². The number of nitrogens with two attached hydrogens (primary N) is 1. The summed E-state index contributed by atoms with van der Waals surface area (Å²) in [5.41, 5.74) is 4.77. The van der Waals surface area contributed by atoms with Gasteiger partial charge in [-0.05, 0) is 47.0 Å². The van der Waals surface area contributed by atoms with Crippen molar-refractivity contribution in [2.45, 2.75) is 96.9 Å². The number of amides is 3. The lowest BCUT2D eigenvalue weighted by molar-refractivity contribution is -0.146. The molecule has 1 fully saturated rings. The summed E-state index contributed by atoms with van der Waals surface area (Å²) in [7, 11) is 0. The van der Waals surface area contributed by atoms with Gasteiger partial charge in [0.05, 0.1) is 6.54 Å². The number of unbranched alkanes of at least 4 members (excludes halogenated alkanes) is 3. The normalized spacial score (nSPS) is 19.8. The number of carbonyl (C=O) groups is 4. The van der Waals surface area contributed by atoms with Gasteiger partial charge in [-0.3, -0.25) is 14.4 Å². The van der Waals surface area contributed by atoms with Crippen molar-refractivity contribution in [3.63, 3.8) is 0 Å². The fourth-order valence-electron chi connectivity index (χ4n) is 3.49. The van der Waals surface area contributed by atoms with Crippen LogP contribution in [0.2, 0.25) is 0 Å². The SMILES string of the molecule is C/C=C\CCCCC[C@H](NC(=O)OC(C)(C)C)C(=O)N1C[C@H](OC(C)=O)C[C@H]1C(N)=O. The summed E-state index contributed by atoms with van der Waals surface area (Å²) < 4.78 is 10.5. The first-order chi connectivity index (χ1) is 14.4. The van der Waals surface area contributed by atoms with Crippen LogP contribution in [0.25, 0.3) is 0 Å². The van der Waals surface area contributed by atoms with Crippen molar-refractivity contribution in [3.05, 3.63) is 12.2 Å². The van der Waals surface area contributed by atoms with E-state index in [2.05, 4.69) is 11.4 Å². The Bertz CT molecular complexity index is 671. The van der Waals surface area contributed by atoms with Gasteiger partial charge in [0, 0.05) is 13.3 Å². The minimum atomic E-state index is -0.894. The predicted molar refractivity (Wildman–Crippen MR) is 116 cm³/mol. The Labute approximate surface area is 184 Å². The number of hydrogen-bond donors (Lipinski definition) is 2. The van der Waals surface area contributed by atoms with E-state index in [0.717, 1.165) is 19.3 Å². The number of allylic oxidation sites excluding steroid dienone is 2. The smallest absolute Gasteiger partial charge is 0.408 e. The van der Waals surface area contributed by atoms with Gasteiger partial charge >= 0.3 is 12.1 Å². The monoisotopic (exact) mass is 439 g/mol. The minimum Gasteiger partial charge on any atom is -0.461 e. The standard InChI is InChI=1S/C22H37N3O6/c1-6-7-8-9-10-11-12-17(24-21(29)31-22(3,4)5)20(28)25-14-16(30-15(2)26)13-18(25)19(23)27/h6-7,16-18H,8-14H2,1-5H3,(H2,23,27)(H,24,29)/b7-6-/t16-,17+,18+/m1/s1. The van der Waals surface area contributed by atoms with Gasteiger partial charge in [-0.2, -0.15) is 0 Å². The van der Waals surface area contributed by atoms with E-state index in [9.17, 15) is 19.2 Å². The molecule has 31 heavy (non-hydrogen) atoms. The van der Waals surface area contributed by atoms with Crippen molar-refractivity contribution >= 4 is 23.9 Å². The molecule has 3 amide bonds. The summed E-state index contributed by atoms with van der Waals surface area (Å²) in [5, 5.41) is 2.64. The Kier molecular flexibility index (Phi) is 10.5. The molecule has 9 heteroatoms. The van der Waals surface area contributed by atoms with Gasteiger partial charge < -0.3 is 25.4 Å². The predicted octanol–water partition coefficient (Wildman–Crippen LogP) is 2.42. The lowest BCUT2D eigenvalue weighted by Gasteiger charge is -2.28. The van der Waals surface area contributed by atoms with E-state index in [1.165, 1.54) is 11.8 Å². The molecule has 0 aromatic rings. The van der Waals surface area contributed by atoms with Crippen molar-refractivity contribution in [3.8, 4) is 0 Å². The van der Waals surface area contributed by atoms with Crippen LogP contribution in [-0.2, 0) is 23.9 Å². The average Bonchev–Trinajstić information content (AvgIpc) is 3.04. The summed E-state index contributed by atoms with van der Waals surface area (Å²) in [4.78, 5) is 50.1. The Morgan fingerprint density at radius 1 is 1.19 bits per heavy atom. The second-order valence-corrected chi connectivity index (χ2v) is 8.78. The fraction of sp³-hybridized carbons (Fsp3) is 0.727. The zero-order chi connectivity index (χ0) is 23.6. The van der Waals surface area contributed by atoms with E-state index in [1.807, 2.05) is 13.0 Å². The molecule has 0 spiro atoms. The summed E-state index contributed by atoms with van der Waals surface area (Å²) in [5.74, 6) is -1.60. The molecule has 0 radical (unpaired) electrons. The van der Waals surface area contributed by atoms with Crippen LogP contribution >= 0.6 is 0 Å². The Morgan fingerprint density at radius 2 is 1.87 bits per heavy atom. The van der Waals surface area contributed by atoms with Crippen molar-refractivity contribution in [1.29, 1.82) is 0 Å². The van der Waals surface area contributed by atoms with Crippen LogP contribution in [0, 0.1) is 0 Å². The van der Waals surface area contributed by atoms with Crippen molar-refractivity contribution in [2.24, 2.45) is 5.73 Å². The molecule has 1 aliphatic heterocycles. The van der Waals surface area contributed by atoms with E-state index < -0.39 is 47.7 Å². The van der Waals surface area contributed by atoms with Gasteiger partial charge in [-0.1, -0.05) is 25.0 Å². The van der Waals surface area contributed by atoms with Crippen molar-refractivity contribution in [2.75, 3.05) is 6.54 Å². The van der Waals surface area contributed by atoms with Gasteiger partial charge in [0.25, 0.3) is 0 Å². The number of likely N-dealkylation sites (tertiary alicyclic amines) is 1. The van der Waals surface area contributed by atoms with Crippen LogP contribution < -0.4 is 11.1 Å². The summed E-state index contributed by atoms with van der Waals surface area (Å²) in [6.07, 6.45) is 6.83. The van der Waals surface area contributed by atoms with Crippen LogP contribution in [0.5, 0.6) is 0 Å². The molecule has 3 atom stereocenters. The van der Waals surface area contributed by atoms with Crippen LogP contribution in [-0.4, -0.2) is 59.1 Å². The number of rotatable bonds is 10. The Balaban J connectivity index is 2.89. The molecule has 0 bridgehead atoms. The topological polar surface area (TPSA) is 128 Å². The maximum atomic E-state index is 13.3. The second kappa shape index (κ2) is 12.3. The fourth-order valence-corrected chi connectivity index (χ4v) is 3.49. The summed E-state index contributed by atoms with van der Waals surface area (Å²) in [6, 6.07) is -1.76. The molecule has 1 rings (SSSR count). The largest absolute Gasteiger partial charge is 0.461 e. The number of hydrogen-bond acceptors (Lipinski definition) is 6. The quantitative estimate of drug-likeness (QED) is 0.306. The third kappa shape index (κ3) is 9.85. The summed E-state index contributed by atoms with van der Waals surface area (Å²) in [6.45, 7) is 8.49. The first-order valence-electron chi connectivity index (χ1n) is 10.8. The number of esters is 1. The molecule has 0 saturated carbocycles. The van der Waals surface area contributed by atoms with Gasteiger partial charge in [0.1, 0.15) is 23.8 Å². The highest BCUT2D eigenvalue weighted by molar-refractivity contribution is 5.91. The van der Waals surface area contributed by atoms with Crippen molar-refractivity contribution < 1.29 is 28.7 Å². The minimum absolute atomic E-state index is 0.0554. The first kappa shape index (κ1) is 26.5. The number of nitrogens with zero attached hydrogens (tertiary/aromatic N) is 1. The molecule has 0 aromatic carbocycles. The molecular formula is C22H37N3O6. The number of nitrogens with one attached hydrogen (secondary N) is 1. The number of alkyl carbamates (subject to hydrolysis) is 1. The van der Waals surface area contributed by atoms with Crippen LogP contribution in [0.15, 0.2) is 12.2 Å². The van der Waals surface area contributed by atoms with Crippen LogP contribution in [0.4, 0.5) is 4.79 Å². The molecule has 1 aliphatic rings.